The maximum Gasteiger partial charge on any atom is 0.247 e. The molecular formula is C20H20N4O4S. The van der Waals surface area contributed by atoms with Crippen molar-refractivity contribution in [1.82, 2.24) is 15.2 Å². The average molecular weight is 412 g/mol. The van der Waals surface area contributed by atoms with E-state index in [4.69, 9.17) is 14.2 Å². The van der Waals surface area contributed by atoms with Crippen LogP contribution in [0, 0.1) is 0 Å². The number of rotatable bonds is 5. The molecule has 1 atom stereocenters. The first-order valence-electron chi connectivity index (χ1n) is 8.99. The number of anilines is 1. The van der Waals surface area contributed by atoms with Gasteiger partial charge in [0.2, 0.25) is 16.8 Å². The molecule has 0 fully saturated rings. The standard InChI is InChI=1S/C20H20N4O4S/c1-4-29-20-22-19-16(23-24-20)12-7-5-6-8-13(12)21-18(28-19)11-9-14(26-2)17(25)15(10-11)27-3/h5-10,18,21,25H,4H2,1-3H3/t18-/m1/s1. The quantitative estimate of drug-likeness (QED) is 0.605. The highest BCUT2D eigenvalue weighted by Crippen LogP contribution is 2.43. The number of aromatic nitrogens is 3. The summed E-state index contributed by atoms with van der Waals surface area (Å²) in [7, 11) is 2.96. The molecule has 1 aromatic heterocycles. The van der Waals surface area contributed by atoms with Crippen molar-refractivity contribution in [3.63, 3.8) is 0 Å². The van der Waals surface area contributed by atoms with Crippen LogP contribution in [0.4, 0.5) is 5.69 Å². The molecular weight excluding hydrogens is 392 g/mol. The van der Waals surface area contributed by atoms with E-state index in [1.807, 2.05) is 31.2 Å². The van der Waals surface area contributed by atoms with Gasteiger partial charge in [-0.05, 0) is 24.0 Å². The predicted molar refractivity (Wildman–Crippen MR) is 110 cm³/mol. The zero-order chi connectivity index (χ0) is 20.4. The molecule has 0 radical (unpaired) electrons. The summed E-state index contributed by atoms with van der Waals surface area (Å²) in [5.74, 6) is 1.70. The largest absolute Gasteiger partial charge is 0.502 e. The summed E-state index contributed by atoms with van der Waals surface area (Å²) >= 11 is 1.49. The minimum absolute atomic E-state index is 0.0706. The van der Waals surface area contributed by atoms with Crippen LogP contribution in [-0.4, -0.2) is 40.3 Å². The average Bonchev–Trinajstić information content (AvgIpc) is 2.90. The molecule has 9 heteroatoms. The Morgan fingerprint density at radius 2 is 1.86 bits per heavy atom. The fourth-order valence-electron chi connectivity index (χ4n) is 3.05. The Labute approximate surface area is 172 Å². The number of hydrogen-bond donors (Lipinski definition) is 2. The number of para-hydroxylation sites is 1. The minimum Gasteiger partial charge on any atom is -0.502 e. The summed E-state index contributed by atoms with van der Waals surface area (Å²) in [6.45, 7) is 2.02. The number of thioether (sulfide) groups is 1. The lowest BCUT2D eigenvalue weighted by molar-refractivity contribution is 0.223. The normalized spacial score (nSPS) is 14.7. The molecule has 150 valence electrons. The van der Waals surface area contributed by atoms with E-state index in [0.717, 1.165) is 17.0 Å². The summed E-state index contributed by atoms with van der Waals surface area (Å²) in [5.41, 5.74) is 2.93. The molecule has 0 amide bonds. The second-order valence-electron chi connectivity index (χ2n) is 6.14. The SMILES string of the molecule is CCSc1nnc2c(n1)O[C@H](c1cc(OC)c(O)c(OC)c1)Nc1ccccc1-2. The monoisotopic (exact) mass is 412 g/mol. The van der Waals surface area contributed by atoms with Crippen LogP contribution in [0.1, 0.15) is 18.7 Å². The van der Waals surface area contributed by atoms with Crippen molar-refractivity contribution >= 4 is 17.4 Å². The molecule has 1 aliphatic heterocycles. The van der Waals surface area contributed by atoms with Gasteiger partial charge in [-0.15, -0.1) is 10.2 Å². The Hall–Kier alpha value is -3.20. The molecule has 4 rings (SSSR count). The summed E-state index contributed by atoms with van der Waals surface area (Å²) in [6, 6.07) is 11.1. The third-order valence-corrected chi connectivity index (χ3v) is 5.13. The van der Waals surface area contributed by atoms with Gasteiger partial charge in [-0.3, -0.25) is 0 Å². The second kappa shape index (κ2) is 8.04. The van der Waals surface area contributed by atoms with Crippen molar-refractivity contribution in [3.8, 4) is 34.4 Å². The second-order valence-corrected chi connectivity index (χ2v) is 7.37. The number of methoxy groups -OCH3 is 2. The van der Waals surface area contributed by atoms with Gasteiger partial charge in [-0.25, -0.2) is 0 Å². The van der Waals surface area contributed by atoms with E-state index in [1.165, 1.54) is 26.0 Å². The van der Waals surface area contributed by atoms with Gasteiger partial charge in [0.05, 0.1) is 14.2 Å². The number of aromatic hydroxyl groups is 1. The van der Waals surface area contributed by atoms with E-state index >= 15 is 0 Å². The number of ether oxygens (including phenoxy) is 3. The van der Waals surface area contributed by atoms with Crippen LogP contribution >= 0.6 is 11.8 Å². The molecule has 0 saturated carbocycles. The van der Waals surface area contributed by atoms with Gasteiger partial charge in [0, 0.05) is 16.8 Å². The molecule has 3 aromatic rings. The summed E-state index contributed by atoms with van der Waals surface area (Å²) in [5, 5.41) is 22.7. The molecule has 2 aromatic carbocycles. The fraction of sp³-hybridized carbons (Fsp3) is 0.250. The zero-order valence-corrected chi connectivity index (χ0v) is 17.0. The molecule has 0 saturated heterocycles. The maximum atomic E-state index is 10.2. The van der Waals surface area contributed by atoms with Crippen molar-refractivity contribution in [2.24, 2.45) is 0 Å². The topological polar surface area (TPSA) is 98.6 Å². The van der Waals surface area contributed by atoms with E-state index in [1.54, 1.807) is 12.1 Å². The molecule has 1 aliphatic rings. The summed E-state index contributed by atoms with van der Waals surface area (Å²) in [6.07, 6.45) is -0.614. The molecule has 29 heavy (non-hydrogen) atoms. The zero-order valence-electron chi connectivity index (χ0n) is 16.2. The fourth-order valence-corrected chi connectivity index (χ4v) is 3.56. The summed E-state index contributed by atoms with van der Waals surface area (Å²) < 4.78 is 16.8. The number of nitrogens with zero attached hydrogens (tertiary/aromatic N) is 3. The van der Waals surface area contributed by atoms with Crippen molar-refractivity contribution in [2.75, 3.05) is 25.3 Å². The molecule has 0 aliphatic carbocycles. The van der Waals surface area contributed by atoms with Crippen LogP contribution in [0.3, 0.4) is 0 Å². The van der Waals surface area contributed by atoms with Crippen LogP contribution in [0.15, 0.2) is 41.6 Å². The van der Waals surface area contributed by atoms with Gasteiger partial charge < -0.3 is 24.6 Å². The Bertz CT molecular complexity index is 1020. The molecule has 0 spiro atoms. The van der Waals surface area contributed by atoms with Crippen molar-refractivity contribution < 1.29 is 19.3 Å². The first-order valence-corrected chi connectivity index (χ1v) is 9.98. The highest BCUT2D eigenvalue weighted by molar-refractivity contribution is 7.99. The third-order valence-electron chi connectivity index (χ3n) is 4.41. The van der Waals surface area contributed by atoms with E-state index < -0.39 is 6.23 Å². The summed E-state index contributed by atoms with van der Waals surface area (Å²) in [4.78, 5) is 4.56. The predicted octanol–water partition coefficient (Wildman–Crippen LogP) is 3.88. The van der Waals surface area contributed by atoms with Gasteiger partial charge in [0.15, 0.2) is 23.4 Å². The van der Waals surface area contributed by atoms with Gasteiger partial charge in [-0.1, -0.05) is 36.9 Å². The van der Waals surface area contributed by atoms with Gasteiger partial charge in [0.1, 0.15) is 0 Å². The van der Waals surface area contributed by atoms with E-state index in [0.29, 0.717) is 22.3 Å². The lowest BCUT2D eigenvalue weighted by atomic mass is 10.1. The smallest absolute Gasteiger partial charge is 0.247 e. The van der Waals surface area contributed by atoms with Crippen molar-refractivity contribution in [1.29, 1.82) is 0 Å². The highest BCUT2D eigenvalue weighted by atomic mass is 32.2. The van der Waals surface area contributed by atoms with Crippen LogP contribution in [-0.2, 0) is 0 Å². The van der Waals surface area contributed by atoms with E-state index in [-0.39, 0.29) is 17.2 Å². The number of benzene rings is 2. The maximum absolute atomic E-state index is 10.2. The number of phenolic OH excluding ortho intramolecular Hbond substituents is 1. The van der Waals surface area contributed by atoms with Crippen LogP contribution in [0.25, 0.3) is 11.3 Å². The number of fused-ring (bicyclic) bond motifs is 3. The first kappa shape index (κ1) is 19.1. The van der Waals surface area contributed by atoms with Crippen LogP contribution in [0.5, 0.6) is 23.1 Å². The lowest BCUT2D eigenvalue weighted by Gasteiger charge is -2.21. The number of hydrogen-bond acceptors (Lipinski definition) is 9. The highest BCUT2D eigenvalue weighted by Gasteiger charge is 2.27. The number of nitrogens with one attached hydrogen (secondary N) is 1. The van der Waals surface area contributed by atoms with Crippen molar-refractivity contribution in [2.45, 2.75) is 18.3 Å². The Morgan fingerprint density at radius 1 is 1.14 bits per heavy atom. The van der Waals surface area contributed by atoms with Crippen molar-refractivity contribution in [3.05, 3.63) is 42.0 Å². The van der Waals surface area contributed by atoms with Gasteiger partial charge in [0.25, 0.3) is 0 Å². The molecule has 0 bridgehead atoms. The Kier molecular flexibility index (Phi) is 5.30. The Morgan fingerprint density at radius 3 is 2.55 bits per heavy atom. The number of phenols is 1. The van der Waals surface area contributed by atoms with Gasteiger partial charge >= 0.3 is 0 Å². The molecule has 2 heterocycles. The minimum atomic E-state index is -0.614. The van der Waals surface area contributed by atoms with E-state index in [2.05, 4.69) is 20.5 Å². The lowest BCUT2D eigenvalue weighted by Crippen LogP contribution is -2.17. The van der Waals surface area contributed by atoms with E-state index in [9.17, 15) is 5.11 Å². The molecule has 0 unspecified atom stereocenters. The van der Waals surface area contributed by atoms with Crippen LogP contribution < -0.4 is 19.5 Å². The molecule has 8 nitrogen and oxygen atoms in total. The third kappa shape index (κ3) is 3.61. The Balaban J connectivity index is 1.84. The molecule has 2 N–H and O–H groups in total. The van der Waals surface area contributed by atoms with Crippen LogP contribution in [0.2, 0.25) is 0 Å². The van der Waals surface area contributed by atoms with Gasteiger partial charge in [-0.2, -0.15) is 4.98 Å². The first-order chi connectivity index (χ1) is 14.1.